The lowest BCUT2D eigenvalue weighted by molar-refractivity contribution is 0.0336. The number of hydrogen-bond acceptors (Lipinski definition) is 1. The summed E-state index contributed by atoms with van der Waals surface area (Å²) in [6.45, 7) is 5.09. The quantitative estimate of drug-likeness (QED) is 0.690. The summed E-state index contributed by atoms with van der Waals surface area (Å²) in [6.07, 6.45) is 8.43. The number of methoxy groups -OCH3 is 1. The Morgan fingerprint density at radius 1 is 1.14 bits per heavy atom. The molecule has 3 aliphatic rings. The maximum Gasteiger partial charge on any atom is 0.119 e. The fraction of sp³-hybridized carbons (Fsp3) is 0.700. The highest BCUT2D eigenvalue weighted by Gasteiger charge is 2.53. The Bertz CT molecular complexity index is 549. The number of benzene rings is 1. The molecule has 0 bridgehead atoms. The topological polar surface area (TPSA) is 9.23 Å². The Morgan fingerprint density at radius 2 is 2.00 bits per heavy atom. The van der Waals surface area contributed by atoms with E-state index in [1.54, 1.807) is 18.2 Å². The van der Waals surface area contributed by atoms with Crippen molar-refractivity contribution in [2.24, 2.45) is 23.2 Å². The van der Waals surface area contributed by atoms with Gasteiger partial charge in [0.2, 0.25) is 0 Å². The van der Waals surface area contributed by atoms with Crippen LogP contribution in [-0.2, 0) is 6.42 Å². The summed E-state index contributed by atoms with van der Waals surface area (Å²) in [6, 6.07) is 6.83. The Hall–Kier alpha value is -0.980. The summed E-state index contributed by atoms with van der Waals surface area (Å²) in [5, 5.41) is 0. The molecular weight excluding hydrogens is 256 g/mol. The fourth-order valence-corrected chi connectivity index (χ4v) is 5.95. The van der Waals surface area contributed by atoms with Crippen LogP contribution in [0, 0.1) is 23.2 Å². The van der Waals surface area contributed by atoms with Gasteiger partial charge in [0, 0.05) is 0 Å². The van der Waals surface area contributed by atoms with Gasteiger partial charge in [0.15, 0.2) is 0 Å². The first-order valence-electron chi connectivity index (χ1n) is 8.80. The normalized spacial score (nSPS) is 41.1. The number of aryl methyl sites for hydroxylation is 1. The van der Waals surface area contributed by atoms with E-state index >= 15 is 0 Å². The smallest absolute Gasteiger partial charge is 0.119 e. The minimum absolute atomic E-state index is 0.630. The van der Waals surface area contributed by atoms with Gasteiger partial charge in [0.1, 0.15) is 5.75 Å². The van der Waals surface area contributed by atoms with E-state index in [2.05, 4.69) is 32.0 Å². The highest BCUT2D eigenvalue weighted by molar-refractivity contribution is 5.40. The number of rotatable bonds is 1. The van der Waals surface area contributed by atoms with Crippen LogP contribution in [0.3, 0.4) is 0 Å². The number of hydrogen-bond donors (Lipinski definition) is 0. The molecule has 4 rings (SSSR count). The van der Waals surface area contributed by atoms with E-state index in [1.165, 1.54) is 38.5 Å². The van der Waals surface area contributed by atoms with Crippen molar-refractivity contribution in [2.45, 2.75) is 58.3 Å². The van der Waals surface area contributed by atoms with Gasteiger partial charge in [-0.1, -0.05) is 19.9 Å². The summed E-state index contributed by atoms with van der Waals surface area (Å²) in [7, 11) is 1.78. The summed E-state index contributed by atoms with van der Waals surface area (Å²) in [4.78, 5) is 0. The van der Waals surface area contributed by atoms with Crippen molar-refractivity contribution in [3.8, 4) is 5.75 Å². The molecule has 5 atom stereocenters. The lowest BCUT2D eigenvalue weighted by atomic mass is 9.54. The monoisotopic (exact) mass is 284 g/mol. The Labute approximate surface area is 129 Å². The zero-order chi connectivity index (χ0) is 14.6. The lowest BCUT2D eigenvalue weighted by Crippen LogP contribution is -2.41. The van der Waals surface area contributed by atoms with Crippen LogP contribution in [0.15, 0.2) is 18.2 Å². The third-order valence-corrected chi connectivity index (χ3v) is 7.41. The number of fused-ring (bicyclic) bond motifs is 5. The molecular formula is C20H28O. The van der Waals surface area contributed by atoms with Crippen molar-refractivity contribution in [1.29, 1.82) is 0 Å². The van der Waals surface area contributed by atoms with E-state index in [-0.39, 0.29) is 0 Å². The Balaban J connectivity index is 1.68. The van der Waals surface area contributed by atoms with E-state index in [4.69, 9.17) is 4.74 Å². The summed E-state index contributed by atoms with van der Waals surface area (Å²) < 4.78 is 5.42. The molecule has 3 aliphatic carbocycles. The summed E-state index contributed by atoms with van der Waals surface area (Å²) in [5.41, 5.74) is 3.84. The van der Waals surface area contributed by atoms with Crippen molar-refractivity contribution in [1.82, 2.24) is 0 Å². The molecule has 1 aromatic rings. The average molecular weight is 284 g/mol. The van der Waals surface area contributed by atoms with E-state index in [0.29, 0.717) is 5.41 Å². The van der Waals surface area contributed by atoms with Crippen molar-refractivity contribution in [3.63, 3.8) is 0 Å². The first-order valence-corrected chi connectivity index (χ1v) is 8.80. The van der Waals surface area contributed by atoms with Crippen molar-refractivity contribution >= 4 is 0 Å². The van der Waals surface area contributed by atoms with Crippen LogP contribution >= 0.6 is 0 Å². The molecule has 0 radical (unpaired) electrons. The average Bonchev–Trinajstić information content (AvgIpc) is 2.82. The van der Waals surface area contributed by atoms with E-state index in [0.717, 1.165) is 29.4 Å². The molecule has 1 heteroatoms. The second-order valence-electron chi connectivity index (χ2n) is 8.00. The molecule has 0 aliphatic heterocycles. The largest absolute Gasteiger partial charge is 0.497 e. The molecule has 0 saturated heterocycles. The molecule has 1 nitrogen and oxygen atoms in total. The molecule has 0 aromatic heterocycles. The predicted molar refractivity (Wildman–Crippen MR) is 86.8 cm³/mol. The highest BCUT2D eigenvalue weighted by atomic mass is 16.5. The van der Waals surface area contributed by atoms with E-state index in [9.17, 15) is 0 Å². The van der Waals surface area contributed by atoms with Gasteiger partial charge in [-0.3, -0.25) is 0 Å². The molecule has 1 aromatic carbocycles. The molecule has 0 heterocycles. The Morgan fingerprint density at radius 3 is 2.81 bits per heavy atom. The zero-order valence-corrected chi connectivity index (χ0v) is 13.7. The van der Waals surface area contributed by atoms with Crippen molar-refractivity contribution in [3.05, 3.63) is 29.3 Å². The zero-order valence-electron chi connectivity index (χ0n) is 13.7. The van der Waals surface area contributed by atoms with Crippen LogP contribution in [0.25, 0.3) is 0 Å². The first-order chi connectivity index (χ1) is 10.1. The SMILES string of the molecule is COc1ccc2c(c1)CCC1C2CC[C@@]2(C)C1CC[C@@H]2C. The second-order valence-corrected chi connectivity index (χ2v) is 8.00. The second kappa shape index (κ2) is 4.76. The molecule has 0 N–H and O–H groups in total. The van der Waals surface area contributed by atoms with Gasteiger partial charge in [0.25, 0.3) is 0 Å². The Kier molecular flexibility index (Phi) is 3.10. The highest BCUT2D eigenvalue weighted by Crippen LogP contribution is 2.62. The van der Waals surface area contributed by atoms with Gasteiger partial charge in [0.05, 0.1) is 7.11 Å². The molecule has 0 spiro atoms. The first kappa shape index (κ1) is 13.7. The van der Waals surface area contributed by atoms with Crippen LogP contribution in [-0.4, -0.2) is 7.11 Å². The molecule has 2 saturated carbocycles. The van der Waals surface area contributed by atoms with Gasteiger partial charge < -0.3 is 4.74 Å². The van der Waals surface area contributed by atoms with Gasteiger partial charge in [-0.25, -0.2) is 0 Å². The molecule has 2 fully saturated rings. The van der Waals surface area contributed by atoms with Crippen LogP contribution in [0.5, 0.6) is 5.75 Å². The molecule has 21 heavy (non-hydrogen) atoms. The van der Waals surface area contributed by atoms with Crippen molar-refractivity contribution < 1.29 is 4.74 Å². The minimum atomic E-state index is 0.630. The summed E-state index contributed by atoms with van der Waals surface area (Å²) in [5.74, 6) is 4.70. The van der Waals surface area contributed by atoms with Gasteiger partial charge in [-0.2, -0.15) is 0 Å². The van der Waals surface area contributed by atoms with Gasteiger partial charge >= 0.3 is 0 Å². The molecule has 0 amide bonds. The summed E-state index contributed by atoms with van der Waals surface area (Å²) >= 11 is 0. The maximum absolute atomic E-state index is 5.42. The third kappa shape index (κ3) is 1.89. The third-order valence-electron chi connectivity index (χ3n) is 7.41. The number of ether oxygens (including phenoxy) is 1. The van der Waals surface area contributed by atoms with E-state index < -0.39 is 0 Å². The molecule has 114 valence electrons. The van der Waals surface area contributed by atoms with Crippen molar-refractivity contribution in [2.75, 3.05) is 7.11 Å². The van der Waals surface area contributed by atoms with Crippen LogP contribution < -0.4 is 4.74 Å². The van der Waals surface area contributed by atoms with Crippen LogP contribution in [0.2, 0.25) is 0 Å². The maximum atomic E-state index is 5.42. The molecule has 3 unspecified atom stereocenters. The van der Waals surface area contributed by atoms with Gasteiger partial charge in [-0.15, -0.1) is 0 Å². The van der Waals surface area contributed by atoms with E-state index in [1.807, 2.05) is 0 Å². The predicted octanol–water partition coefficient (Wildman–Crippen LogP) is 5.19. The standard InChI is InChI=1S/C20H28O/c1-13-4-9-19-18-7-5-14-12-15(21-3)6-8-16(14)17(18)10-11-20(13,19)2/h6,8,12-13,17-19H,4-5,7,9-11H2,1-3H3/t13-,17?,18?,19?,20+/m0/s1. The lowest BCUT2D eigenvalue weighted by Gasteiger charge is -2.50. The minimum Gasteiger partial charge on any atom is -0.497 e. The van der Waals surface area contributed by atoms with Crippen LogP contribution in [0.1, 0.15) is 63.0 Å². The van der Waals surface area contributed by atoms with Crippen LogP contribution in [0.4, 0.5) is 0 Å². The fourth-order valence-electron chi connectivity index (χ4n) is 5.95. The van der Waals surface area contributed by atoms with Gasteiger partial charge in [-0.05, 0) is 90.9 Å².